The Morgan fingerprint density at radius 2 is 1.88 bits per heavy atom. The van der Waals surface area contributed by atoms with Gasteiger partial charge in [0.2, 0.25) is 5.91 Å². The Morgan fingerprint density at radius 1 is 1.12 bits per heavy atom. The molecule has 7 nitrogen and oxygen atoms in total. The van der Waals surface area contributed by atoms with Crippen molar-refractivity contribution in [2.75, 3.05) is 5.32 Å². The summed E-state index contributed by atoms with van der Waals surface area (Å²) in [6.07, 6.45) is 0. The van der Waals surface area contributed by atoms with Gasteiger partial charge in [-0.2, -0.15) is 5.10 Å². The van der Waals surface area contributed by atoms with Gasteiger partial charge in [0.15, 0.2) is 5.82 Å². The first kappa shape index (κ1) is 17.5. The van der Waals surface area contributed by atoms with Crippen LogP contribution < -0.4 is 10.9 Å². The van der Waals surface area contributed by atoms with Crippen LogP contribution in [0.15, 0.2) is 41.2 Å². The van der Waals surface area contributed by atoms with Gasteiger partial charge in [0.05, 0.1) is 5.69 Å². The van der Waals surface area contributed by atoms with Crippen molar-refractivity contribution in [1.82, 2.24) is 19.6 Å². The van der Waals surface area contributed by atoms with E-state index in [9.17, 15) is 14.0 Å². The van der Waals surface area contributed by atoms with Crippen LogP contribution >= 0.6 is 0 Å². The van der Waals surface area contributed by atoms with E-state index < -0.39 is 17.3 Å². The second kappa shape index (κ2) is 6.91. The summed E-state index contributed by atoms with van der Waals surface area (Å²) < 4.78 is 16.2. The summed E-state index contributed by atoms with van der Waals surface area (Å²) >= 11 is 0. The minimum absolute atomic E-state index is 0.290. The highest BCUT2D eigenvalue weighted by molar-refractivity contribution is 5.90. The predicted octanol–water partition coefficient (Wildman–Crippen LogP) is 2.13. The number of aryl methyl sites for hydroxylation is 3. The molecule has 1 aromatic carbocycles. The molecule has 1 N–H and O–H groups in total. The van der Waals surface area contributed by atoms with Crippen molar-refractivity contribution in [3.05, 3.63) is 69.5 Å². The Bertz CT molecular complexity index is 1040. The monoisotopic (exact) mass is 355 g/mol. The van der Waals surface area contributed by atoms with Gasteiger partial charge in [-0.15, -0.1) is 5.10 Å². The molecule has 0 saturated carbocycles. The third-order valence-corrected chi connectivity index (χ3v) is 3.83. The third-order valence-electron chi connectivity index (χ3n) is 3.83. The summed E-state index contributed by atoms with van der Waals surface area (Å²) in [5.41, 5.74) is 2.07. The summed E-state index contributed by atoms with van der Waals surface area (Å²) in [6, 6.07) is 9.16. The fraction of sp³-hybridized carbons (Fsp3) is 0.222. The normalized spacial score (nSPS) is 10.8. The SMILES string of the molecule is Cc1cc(C)n(-c2ccc(=O)n(CC(=O)Nc3ccc(C)c(F)c3)n2)n1. The van der Waals surface area contributed by atoms with Crippen LogP contribution in [0.3, 0.4) is 0 Å². The average Bonchev–Trinajstić information content (AvgIpc) is 2.91. The van der Waals surface area contributed by atoms with Crippen LogP contribution in [0, 0.1) is 26.6 Å². The lowest BCUT2D eigenvalue weighted by molar-refractivity contribution is -0.117. The van der Waals surface area contributed by atoms with Crippen molar-refractivity contribution in [3.8, 4) is 5.82 Å². The van der Waals surface area contributed by atoms with Crippen molar-refractivity contribution in [3.63, 3.8) is 0 Å². The van der Waals surface area contributed by atoms with E-state index in [2.05, 4.69) is 15.5 Å². The molecule has 0 aliphatic heterocycles. The maximum atomic E-state index is 13.6. The number of hydrogen-bond donors (Lipinski definition) is 1. The lowest BCUT2D eigenvalue weighted by atomic mass is 10.2. The molecule has 0 unspecified atom stereocenters. The van der Waals surface area contributed by atoms with E-state index in [1.807, 2.05) is 19.9 Å². The Hall–Kier alpha value is -3.29. The number of nitrogens with one attached hydrogen (secondary N) is 1. The molecule has 2 heterocycles. The predicted molar refractivity (Wildman–Crippen MR) is 94.9 cm³/mol. The fourth-order valence-corrected chi connectivity index (χ4v) is 2.53. The largest absolute Gasteiger partial charge is 0.324 e. The fourth-order valence-electron chi connectivity index (χ4n) is 2.53. The average molecular weight is 355 g/mol. The van der Waals surface area contributed by atoms with Gasteiger partial charge < -0.3 is 5.32 Å². The van der Waals surface area contributed by atoms with Crippen LogP contribution in [0.4, 0.5) is 10.1 Å². The molecule has 1 amide bonds. The van der Waals surface area contributed by atoms with Crippen molar-refractivity contribution in [2.24, 2.45) is 0 Å². The quantitative estimate of drug-likeness (QED) is 0.777. The van der Waals surface area contributed by atoms with Crippen LogP contribution in [0.25, 0.3) is 5.82 Å². The smallest absolute Gasteiger partial charge is 0.267 e. The van der Waals surface area contributed by atoms with E-state index in [1.54, 1.807) is 29.8 Å². The Morgan fingerprint density at radius 3 is 2.54 bits per heavy atom. The summed E-state index contributed by atoms with van der Waals surface area (Å²) in [7, 11) is 0. The van der Waals surface area contributed by atoms with Gasteiger partial charge >= 0.3 is 0 Å². The van der Waals surface area contributed by atoms with Crippen molar-refractivity contribution >= 4 is 11.6 Å². The van der Waals surface area contributed by atoms with Gasteiger partial charge in [-0.25, -0.2) is 13.8 Å². The summed E-state index contributed by atoms with van der Waals surface area (Å²) in [6.45, 7) is 5.07. The number of carbonyl (C=O) groups is 1. The van der Waals surface area contributed by atoms with Gasteiger partial charge in [0.25, 0.3) is 5.56 Å². The lowest BCUT2D eigenvalue weighted by Crippen LogP contribution is -2.30. The van der Waals surface area contributed by atoms with Crippen LogP contribution in [0.1, 0.15) is 17.0 Å². The molecular formula is C18H18FN5O2. The molecule has 3 aromatic rings. The van der Waals surface area contributed by atoms with E-state index >= 15 is 0 Å². The van der Waals surface area contributed by atoms with E-state index in [-0.39, 0.29) is 6.54 Å². The summed E-state index contributed by atoms with van der Waals surface area (Å²) in [4.78, 5) is 24.2. The van der Waals surface area contributed by atoms with Crippen molar-refractivity contribution in [1.29, 1.82) is 0 Å². The molecule has 0 radical (unpaired) electrons. The second-order valence-electron chi connectivity index (χ2n) is 6.04. The number of benzene rings is 1. The molecule has 0 spiro atoms. The topological polar surface area (TPSA) is 81.8 Å². The number of amides is 1. The van der Waals surface area contributed by atoms with Gasteiger partial charge in [-0.3, -0.25) is 9.59 Å². The Labute approximate surface area is 149 Å². The molecule has 8 heteroatoms. The van der Waals surface area contributed by atoms with Crippen LogP contribution in [-0.2, 0) is 11.3 Å². The number of nitrogens with zero attached hydrogens (tertiary/aromatic N) is 4. The van der Waals surface area contributed by atoms with Crippen molar-refractivity contribution in [2.45, 2.75) is 27.3 Å². The summed E-state index contributed by atoms with van der Waals surface area (Å²) in [5.74, 6) is -0.456. The number of halogens is 1. The van der Waals surface area contributed by atoms with Gasteiger partial charge in [0, 0.05) is 17.4 Å². The molecule has 0 atom stereocenters. The van der Waals surface area contributed by atoms with Crippen LogP contribution in [-0.4, -0.2) is 25.5 Å². The van der Waals surface area contributed by atoms with E-state index in [1.165, 1.54) is 12.1 Å². The molecule has 26 heavy (non-hydrogen) atoms. The molecule has 134 valence electrons. The molecule has 3 rings (SSSR count). The maximum Gasteiger partial charge on any atom is 0.267 e. The third kappa shape index (κ3) is 3.69. The number of hydrogen-bond acceptors (Lipinski definition) is 4. The highest BCUT2D eigenvalue weighted by Gasteiger charge is 2.11. The lowest BCUT2D eigenvalue weighted by Gasteiger charge is -2.09. The second-order valence-corrected chi connectivity index (χ2v) is 6.04. The first-order valence-electron chi connectivity index (χ1n) is 8.01. The van der Waals surface area contributed by atoms with Gasteiger partial charge in [-0.05, 0) is 50.6 Å². The first-order chi connectivity index (χ1) is 12.3. The molecule has 2 aromatic heterocycles. The first-order valence-corrected chi connectivity index (χ1v) is 8.01. The molecule has 0 bridgehead atoms. The van der Waals surface area contributed by atoms with E-state index in [0.717, 1.165) is 16.1 Å². The van der Waals surface area contributed by atoms with Crippen LogP contribution in [0.2, 0.25) is 0 Å². The highest BCUT2D eigenvalue weighted by Crippen LogP contribution is 2.13. The zero-order valence-electron chi connectivity index (χ0n) is 14.7. The standard InChI is InChI=1S/C18H18FN5O2/c1-11-4-5-14(9-15(11)19)20-17(25)10-23-18(26)7-6-16(22-23)24-13(3)8-12(2)21-24/h4-9H,10H2,1-3H3,(H,20,25). The molecule has 0 aliphatic rings. The Balaban J connectivity index is 1.81. The summed E-state index contributed by atoms with van der Waals surface area (Å²) in [5, 5.41) is 11.1. The zero-order chi connectivity index (χ0) is 18.8. The molecule has 0 fully saturated rings. The number of rotatable bonds is 4. The van der Waals surface area contributed by atoms with E-state index in [0.29, 0.717) is 17.1 Å². The minimum Gasteiger partial charge on any atom is -0.324 e. The molecule has 0 aliphatic carbocycles. The zero-order valence-corrected chi connectivity index (χ0v) is 14.7. The molecule has 0 saturated heterocycles. The Kier molecular flexibility index (Phi) is 4.66. The minimum atomic E-state index is -0.478. The highest BCUT2D eigenvalue weighted by atomic mass is 19.1. The number of carbonyl (C=O) groups excluding carboxylic acids is 1. The maximum absolute atomic E-state index is 13.6. The number of aromatic nitrogens is 4. The van der Waals surface area contributed by atoms with Gasteiger partial charge in [0.1, 0.15) is 12.4 Å². The van der Waals surface area contributed by atoms with Crippen LogP contribution in [0.5, 0.6) is 0 Å². The molecular weight excluding hydrogens is 337 g/mol. The van der Waals surface area contributed by atoms with Crippen molar-refractivity contribution < 1.29 is 9.18 Å². The van der Waals surface area contributed by atoms with Gasteiger partial charge in [-0.1, -0.05) is 6.07 Å². The van der Waals surface area contributed by atoms with E-state index in [4.69, 9.17) is 0 Å². The number of anilines is 1.